The number of benzene rings is 2. The Bertz CT molecular complexity index is 829. The number of hydrogen-bond acceptors (Lipinski definition) is 2. The lowest BCUT2D eigenvalue weighted by atomic mass is 10.2. The quantitative estimate of drug-likeness (QED) is 0.581. The Morgan fingerprint density at radius 1 is 1.25 bits per heavy atom. The van der Waals surface area contributed by atoms with Crippen LogP contribution in [-0.2, 0) is 0 Å². The van der Waals surface area contributed by atoms with Gasteiger partial charge in [-0.15, -0.1) is 0 Å². The van der Waals surface area contributed by atoms with Gasteiger partial charge in [-0.05, 0) is 59.0 Å². The molecular weight excluding hydrogens is 435 g/mol. The number of aromatic carboxylic acids is 1. The van der Waals surface area contributed by atoms with Crippen LogP contribution in [0.2, 0.25) is 0 Å². The number of rotatable bonds is 2. The van der Waals surface area contributed by atoms with Gasteiger partial charge in [0.2, 0.25) is 0 Å². The van der Waals surface area contributed by atoms with Gasteiger partial charge in [-0.2, -0.15) is 0 Å². The molecule has 0 aliphatic rings. The molecule has 4 nitrogen and oxygen atoms in total. The molecule has 1 heterocycles. The van der Waals surface area contributed by atoms with Crippen molar-refractivity contribution in [3.05, 3.63) is 50.0 Å². The third kappa shape index (κ3) is 2.45. The van der Waals surface area contributed by atoms with E-state index in [9.17, 15) is 4.79 Å². The van der Waals surface area contributed by atoms with Crippen LogP contribution in [0, 0.1) is 3.57 Å². The number of halogens is 2. The van der Waals surface area contributed by atoms with E-state index in [1.807, 2.05) is 18.2 Å². The number of carboxylic acid groups (broad SMARTS) is 1. The van der Waals surface area contributed by atoms with Gasteiger partial charge in [0, 0.05) is 13.6 Å². The van der Waals surface area contributed by atoms with Crippen LogP contribution >= 0.6 is 38.5 Å². The summed E-state index contributed by atoms with van der Waals surface area (Å²) in [5.41, 5.74) is 2.65. The Hall–Kier alpha value is -1.41. The van der Waals surface area contributed by atoms with Crippen molar-refractivity contribution in [3.8, 4) is 11.4 Å². The summed E-state index contributed by atoms with van der Waals surface area (Å²) >= 11 is 5.75. The summed E-state index contributed by atoms with van der Waals surface area (Å²) in [5, 5.41) is 9.01. The number of aromatic amines is 1. The maximum atomic E-state index is 11.0. The highest BCUT2D eigenvalue weighted by Gasteiger charge is 2.11. The second kappa shape index (κ2) is 5.17. The van der Waals surface area contributed by atoms with Gasteiger partial charge in [0.05, 0.1) is 16.6 Å². The highest BCUT2D eigenvalue weighted by molar-refractivity contribution is 14.1. The van der Waals surface area contributed by atoms with Gasteiger partial charge in [-0.1, -0.05) is 15.9 Å². The van der Waals surface area contributed by atoms with Crippen LogP contribution < -0.4 is 0 Å². The minimum absolute atomic E-state index is 0.245. The molecule has 0 saturated carbocycles. The summed E-state index contributed by atoms with van der Waals surface area (Å²) < 4.78 is 2.04. The van der Waals surface area contributed by atoms with Gasteiger partial charge in [0.1, 0.15) is 5.82 Å². The minimum atomic E-state index is -0.946. The van der Waals surface area contributed by atoms with Crippen LogP contribution in [0.5, 0.6) is 0 Å². The summed E-state index contributed by atoms with van der Waals surface area (Å²) in [4.78, 5) is 18.6. The van der Waals surface area contributed by atoms with Crippen LogP contribution in [0.1, 0.15) is 10.4 Å². The standard InChI is InChI=1S/C14H8BrIN2O2/c15-10-3-2-8(16)6-9(10)13-17-11-4-1-7(14(19)20)5-12(11)18-13/h1-6H,(H,17,18)(H,19,20). The molecule has 0 saturated heterocycles. The van der Waals surface area contributed by atoms with Gasteiger partial charge in [0.25, 0.3) is 0 Å². The van der Waals surface area contributed by atoms with Crippen LogP contribution in [0.15, 0.2) is 40.9 Å². The van der Waals surface area contributed by atoms with Gasteiger partial charge in [-0.3, -0.25) is 0 Å². The van der Waals surface area contributed by atoms with E-state index in [1.54, 1.807) is 18.2 Å². The summed E-state index contributed by atoms with van der Waals surface area (Å²) in [5.74, 6) is -0.230. The summed E-state index contributed by atoms with van der Waals surface area (Å²) in [6.45, 7) is 0. The molecule has 2 N–H and O–H groups in total. The predicted octanol–water partition coefficient (Wildman–Crippen LogP) is 4.30. The highest BCUT2D eigenvalue weighted by Crippen LogP contribution is 2.29. The van der Waals surface area contributed by atoms with Crippen LogP contribution in [0.4, 0.5) is 0 Å². The van der Waals surface area contributed by atoms with Crippen molar-refractivity contribution in [3.63, 3.8) is 0 Å². The topological polar surface area (TPSA) is 66.0 Å². The number of nitrogens with zero attached hydrogens (tertiary/aromatic N) is 1. The largest absolute Gasteiger partial charge is 0.478 e. The third-order valence-corrected chi connectivity index (χ3v) is 4.27. The molecule has 0 fully saturated rings. The van der Waals surface area contributed by atoms with E-state index in [-0.39, 0.29) is 5.56 Å². The number of carboxylic acids is 1. The number of hydrogen-bond donors (Lipinski definition) is 2. The molecule has 100 valence electrons. The lowest BCUT2D eigenvalue weighted by Crippen LogP contribution is -1.94. The summed E-state index contributed by atoms with van der Waals surface area (Å²) in [6.07, 6.45) is 0. The third-order valence-electron chi connectivity index (χ3n) is 2.91. The first-order valence-electron chi connectivity index (χ1n) is 5.73. The number of imidazole rings is 1. The van der Waals surface area contributed by atoms with E-state index in [1.165, 1.54) is 0 Å². The maximum absolute atomic E-state index is 11.0. The zero-order chi connectivity index (χ0) is 14.3. The Morgan fingerprint density at radius 2 is 2.05 bits per heavy atom. The van der Waals surface area contributed by atoms with Crippen molar-refractivity contribution in [2.75, 3.05) is 0 Å². The smallest absolute Gasteiger partial charge is 0.335 e. The van der Waals surface area contributed by atoms with Crippen molar-refractivity contribution in [2.24, 2.45) is 0 Å². The van der Waals surface area contributed by atoms with E-state index >= 15 is 0 Å². The molecule has 0 atom stereocenters. The van der Waals surface area contributed by atoms with Crippen molar-refractivity contribution >= 4 is 55.5 Å². The van der Waals surface area contributed by atoms with Gasteiger partial charge < -0.3 is 10.1 Å². The molecule has 2 aromatic carbocycles. The fourth-order valence-electron chi connectivity index (χ4n) is 1.95. The van der Waals surface area contributed by atoms with Gasteiger partial charge in [0.15, 0.2) is 0 Å². The molecule has 0 amide bonds. The Balaban J connectivity index is 2.17. The number of carbonyl (C=O) groups is 1. The predicted molar refractivity (Wildman–Crippen MR) is 88.9 cm³/mol. The SMILES string of the molecule is O=C(O)c1ccc2nc(-c3cc(I)ccc3Br)[nH]c2c1. The van der Waals surface area contributed by atoms with E-state index < -0.39 is 5.97 Å². The summed E-state index contributed by atoms with van der Waals surface area (Å²) in [6, 6.07) is 10.8. The monoisotopic (exact) mass is 442 g/mol. The average Bonchev–Trinajstić information content (AvgIpc) is 2.83. The van der Waals surface area contributed by atoms with Gasteiger partial charge in [-0.25, -0.2) is 9.78 Å². The van der Waals surface area contributed by atoms with E-state index in [0.717, 1.165) is 19.1 Å². The second-order valence-electron chi connectivity index (χ2n) is 4.25. The zero-order valence-corrected chi connectivity index (χ0v) is 13.8. The normalized spacial score (nSPS) is 10.9. The fraction of sp³-hybridized carbons (Fsp3) is 0. The van der Waals surface area contributed by atoms with Crippen LogP contribution in [0.25, 0.3) is 22.4 Å². The average molecular weight is 443 g/mol. The Kier molecular flexibility index (Phi) is 3.51. The lowest BCUT2D eigenvalue weighted by molar-refractivity contribution is 0.0697. The summed E-state index contributed by atoms with van der Waals surface area (Å²) in [7, 11) is 0. The van der Waals surface area contributed by atoms with Gasteiger partial charge >= 0.3 is 5.97 Å². The van der Waals surface area contributed by atoms with Crippen molar-refractivity contribution < 1.29 is 9.90 Å². The number of H-pyrrole nitrogens is 1. The first kappa shape index (κ1) is 13.6. The fourth-order valence-corrected chi connectivity index (χ4v) is 2.87. The lowest BCUT2D eigenvalue weighted by Gasteiger charge is -2.01. The molecule has 3 rings (SSSR count). The zero-order valence-electron chi connectivity index (χ0n) is 10.0. The second-order valence-corrected chi connectivity index (χ2v) is 6.35. The van der Waals surface area contributed by atoms with Crippen molar-refractivity contribution in [1.82, 2.24) is 9.97 Å². The number of fused-ring (bicyclic) bond motifs is 1. The van der Waals surface area contributed by atoms with Crippen molar-refractivity contribution in [1.29, 1.82) is 0 Å². The molecule has 1 aromatic heterocycles. The van der Waals surface area contributed by atoms with E-state index in [0.29, 0.717) is 11.3 Å². The van der Waals surface area contributed by atoms with Crippen molar-refractivity contribution in [2.45, 2.75) is 0 Å². The first-order chi connectivity index (χ1) is 9.54. The Labute approximate surface area is 136 Å². The molecule has 0 spiro atoms. The highest BCUT2D eigenvalue weighted by atomic mass is 127. The molecule has 0 aliphatic heterocycles. The molecule has 6 heteroatoms. The van der Waals surface area contributed by atoms with E-state index in [4.69, 9.17) is 5.11 Å². The molecule has 0 bridgehead atoms. The van der Waals surface area contributed by atoms with E-state index in [2.05, 4.69) is 48.5 Å². The van der Waals surface area contributed by atoms with Crippen LogP contribution in [0.3, 0.4) is 0 Å². The maximum Gasteiger partial charge on any atom is 0.335 e. The molecule has 0 aliphatic carbocycles. The molecular formula is C14H8BrIN2O2. The Morgan fingerprint density at radius 3 is 2.80 bits per heavy atom. The first-order valence-corrected chi connectivity index (χ1v) is 7.60. The minimum Gasteiger partial charge on any atom is -0.478 e. The molecule has 0 unspecified atom stereocenters. The molecule has 0 radical (unpaired) electrons. The number of nitrogens with one attached hydrogen (secondary N) is 1. The number of aromatic nitrogens is 2. The molecule has 20 heavy (non-hydrogen) atoms. The molecule has 3 aromatic rings. The van der Waals surface area contributed by atoms with Crippen LogP contribution in [-0.4, -0.2) is 21.0 Å².